The quantitative estimate of drug-likeness (QED) is 0.737. The molecule has 1 aromatic rings. The molecule has 0 atom stereocenters. The van der Waals surface area contributed by atoms with Crippen LogP contribution in [0.2, 0.25) is 0 Å². The van der Waals surface area contributed by atoms with E-state index in [9.17, 15) is 4.79 Å². The van der Waals surface area contributed by atoms with Crippen molar-refractivity contribution in [3.05, 3.63) is 23.8 Å². The largest absolute Gasteiger partial charge is 0.384 e. The van der Waals surface area contributed by atoms with Gasteiger partial charge >= 0.3 is 0 Å². The lowest BCUT2D eigenvalue weighted by atomic mass is 9.87. The van der Waals surface area contributed by atoms with Crippen LogP contribution in [0.4, 0.5) is 11.4 Å². The van der Waals surface area contributed by atoms with Crippen molar-refractivity contribution in [2.75, 3.05) is 17.2 Å². The molecule has 1 aliphatic rings. The van der Waals surface area contributed by atoms with E-state index in [1.807, 2.05) is 12.1 Å². The molecular formula is C12H16N2O. The number of anilines is 2. The summed E-state index contributed by atoms with van der Waals surface area (Å²) in [6.07, 6.45) is 0. The summed E-state index contributed by atoms with van der Waals surface area (Å²) < 4.78 is 0. The molecule has 3 heteroatoms. The smallest absolute Gasteiger partial charge is 0.221 e. The Kier molecular flexibility index (Phi) is 2.18. The molecule has 0 bridgehead atoms. The van der Waals surface area contributed by atoms with Crippen LogP contribution < -0.4 is 10.6 Å². The molecule has 2 N–H and O–H groups in total. The van der Waals surface area contributed by atoms with Gasteiger partial charge in [-0.3, -0.25) is 4.79 Å². The SMILES string of the molecule is CC(=O)Nc1ccc2c(c1)C(C)(C)CN2. The molecule has 0 spiro atoms. The zero-order valence-corrected chi connectivity index (χ0v) is 9.35. The Morgan fingerprint density at radius 2 is 2.20 bits per heavy atom. The number of hydrogen-bond donors (Lipinski definition) is 2. The third-order valence-corrected chi connectivity index (χ3v) is 2.79. The van der Waals surface area contributed by atoms with Crippen molar-refractivity contribution < 1.29 is 4.79 Å². The van der Waals surface area contributed by atoms with E-state index in [1.165, 1.54) is 18.2 Å². The normalized spacial score (nSPS) is 16.7. The lowest BCUT2D eigenvalue weighted by molar-refractivity contribution is -0.114. The Morgan fingerprint density at radius 3 is 2.87 bits per heavy atom. The van der Waals surface area contributed by atoms with Crippen LogP contribution in [0.1, 0.15) is 26.3 Å². The maximum atomic E-state index is 10.9. The molecule has 0 saturated heterocycles. The van der Waals surface area contributed by atoms with Gasteiger partial charge in [-0.1, -0.05) is 13.8 Å². The van der Waals surface area contributed by atoms with Gasteiger partial charge in [0.1, 0.15) is 0 Å². The van der Waals surface area contributed by atoms with Gasteiger partial charge in [0.25, 0.3) is 0 Å². The second-order valence-electron chi connectivity index (χ2n) is 4.68. The molecule has 0 unspecified atom stereocenters. The third kappa shape index (κ3) is 1.82. The van der Waals surface area contributed by atoms with E-state index in [-0.39, 0.29) is 11.3 Å². The predicted octanol–water partition coefficient (Wildman–Crippen LogP) is 2.35. The number of carbonyl (C=O) groups is 1. The molecule has 1 aromatic carbocycles. The average Bonchev–Trinajstić information content (AvgIpc) is 2.42. The Balaban J connectivity index is 2.37. The number of hydrogen-bond acceptors (Lipinski definition) is 2. The topological polar surface area (TPSA) is 41.1 Å². The monoisotopic (exact) mass is 204 g/mol. The van der Waals surface area contributed by atoms with Crippen molar-refractivity contribution in [1.82, 2.24) is 0 Å². The first-order valence-corrected chi connectivity index (χ1v) is 5.15. The van der Waals surface area contributed by atoms with Crippen LogP contribution in [0, 0.1) is 0 Å². The first-order chi connectivity index (χ1) is 6.99. The van der Waals surface area contributed by atoms with E-state index in [2.05, 4.69) is 30.5 Å². The second kappa shape index (κ2) is 3.26. The van der Waals surface area contributed by atoms with Crippen LogP contribution in [0.25, 0.3) is 0 Å². The Labute approximate surface area is 89.9 Å². The van der Waals surface area contributed by atoms with Gasteiger partial charge in [-0.15, -0.1) is 0 Å². The van der Waals surface area contributed by atoms with E-state index >= 15 is 0 Å². The van der Waals surface area contributed by atoms with E-state index in [0.717, 1.165) is 12.2 Å². The molecule has 1 aliphatic heterocycles. The highest BCUT2D eigenvalue weighted by molar-refractivity contribution is 5.89. The Bertz CT molecular complexity index is 410. The minimum absolute atomic E-state index is 0.0290. The van der Waals surface area contributed by atoms with Gasteiger partial charge in [0.05, 0.1) is 0 Å². The summed E-state index contributed by atoms with van der Waals surface area (Å²) in [5, 5.41) is 6.16. The summed E-state index contributed by atoms with van der Waals surface area (Å²) in [7, 11) is 0. The maximum absolute atomic E-state index is 10.9. The molecular weight excluding hydrogens is 188 g/mol. The summed E-state index contributed by atoms with van der Waals surface area (Å²) in [5.41, 5.74) is 3.46. The molecule has 0 aromatic heterocycles. The molecule has 0 radical (unpaired) electrons. The van der Waals surface area contributed by atoms with Crippen LogP contribution >= 0.6 is 0 Å². The van der Waals surface area contributed by atoms with Crippen molar-refractivity contribution in [3.63, 3.8) is 0 Å². The molecule has 1 heterocycles. The first kappa shape index (κ1) is 10.0. The third-order valence-electron chi connectivity index (χ3n) is 2.79. The van der Waals surface area contributed by atoms with Crippen molar-refractivity contribution in [1.29, 1.82) is 0 Å². The number of nitrogens with one attached hydrogen (secondary N) is 2. The van der Waals surface area contributed by atoms with Crippen molar-refractivity contribution in [2.45, 2.75) is 26.2 Å². The molecule has 0 aliphatic carbocycles. The highest BCUT2D eigenvalue weighted by Crippen LogP contribution is 2.37. The van der Waals surface area contributed by atoms with Crippen molar-refractivity contribution in [2.24, 2.45) is 0 Å². The Hall–Kier alpha value is -1.51. The molecule has 1 amide bonds. The second-order valence-corrected chi connectivity index (χ2v) is 4.68. The summed E-state index contributed by atoms with van der Waals surface area (Å²) in [6, 6.07) is 6.00. The van der Waals surface area contributed by atoms with Gasteiger partial charge in [0.15, 0.2) is 0 Å². The van der Waals surface area contributed by atoms with E-state index in [1.54, 1.807) is 0 Å². The zero-order valence-electron chi connectivity index (χ0n) is 9.35. The van der Waals surface area contributed by atoms with Gasteiger partial charge in [-0.25, -0.2) is 0 Å². The number of carbonyl (C=O) groups excluding carboxylic acids is 1. The average molecular weight is 204 g/mol. The van der Waals surface area contributed by atoms with Crippen LogP contribution in [0.15, 0.2) is 18.2 Å². The zero-order chi connectivity index (χ0) is 11.1. The molecule has 2 rings (SSSR count). The fourth-order valence-electron chi connectivity index (χ4n) is 1.95. The lowest BCUT2D eigenvalue weighted by Crippen LogP contribution is -2.19. The van der Waals surface area contributed by atoms with Crippen LogP contribution in [-0.2, 0) is 10.2 Å². The summed E-state index contributed by atoms with van der Waals surface area (Å²) in [5.74, 6) is -0.0290. The van der Waals surface area contributed by atoms with E-state index in [4.69, 9.17) is 0 Å². The summed E-state index contributed by atoms with van der Waals surface area (Å²) in [6.45, 7) is 6.87. The highest BCUT2D eigenvalue weighted by atomic mass is 16.1. The number of fused-ring (bicyclic) bond motifs is 1. The minimum atomic E-state index is -0.0290. The van der Waals surface area contributed by atoms with Gasteiger partial charge in [-0.05, 0) is 23.8 Å². The van der Waals surface area contributed by atoms with Gasteiger partial charge in [-0.2, -0.15) is 0 Å². The highest BCUT2D eigenvalue weighted by Gasteiger charge is 2.29. The number of amides is 1. The Morgan fingerprint density at radius 1 is 1.47 bits per heavy atom. The summed E-state index contributed by atoms with van der Waals surface area (Å²) >= 11 is 0. The standard InChI is InChI=1S/C12H16N2O/c1-8(15)14-9-4-5-11-10(6-9)12(2,3)7-13-11/h4-6,13H,7H2,1-3H3,(H,14,15). The molecule has 15 heavy (non-hydrogen) atoms. The maximum Gasteiger partial charge on any atom is 0.221 e. The summed E-state index contributed by atoms with van der Waals surface area (Å²) in [4.78, 5) is 10.9. The van der Waals surface area contributed by atoms with Crippen LogP contribution in [-0.4, -0.2) is 12.5 Å². The minimum Gasteiger partial charge on any atom is -0.384 e. The predicted molar refractivity (Wildman–Crippen MR) is 62.3 cm³/mol. The fourth-order valence-corrected chi connectivity index (χ4v) is 1.95. The van der Waals surface area contributed by atoms with E-state index < -0.39 is 0 Å². The molecule has 0 saturated carbocycles. The molecule has 0 fully saturated rings. The van der Waals surface area contributed by atoms with Gasteiger partial charge in [0, 0.05) is 30.3 Å². The van der Waals surface area contributed by atoms with Crippen LogP contribution in [0.5, 0.6) is 0 Å². The van der Waals surface area contributed by atoms with E-state index in [0.29, 0.717) is 0 Å². The molecule has 3 nitrogen and oxygen atoms in total. The van der Waals surface area contributed by atoms with Crippen LogP contribution in [0.3, 0.4) is 0 Å². The van der Waals surface area contributed by atoms with Crippen molar-refractivity contribution in [3.8, 4) is 0 Å². The lowest BCUT2D eigenvalue weighted by Gasteiger charge is -2.17. The van der Waals surface area contributed by atoms with Gasteiger partial charge < -0.3 is 10.6 Å². The number of benzene rings is 1. The number of rotatable bonds is 1. The fraction of sp³-hybridized carbons (Fsp3) is 0.417. The first-order valence-electron chi connectivity index (χ1n) is 5.15. The molecule has 80 valence electrons. The van der Waals surface area contributed by atoms with Gasteiger partial charge in [0.2, 0.25) is 5.91 Å². The van der Waals surface area contributed by atoms with Crippen molar-refractivity contribution >= 4 is 17.3 Å².